The average molecular weight is 625 g/mol. The number of hydrogen-bond acceptors (Lipinski definition) is 8. The number of nitrogens with zero attached hydrogens (tertiary/aromatic N) is 2. The number of rotatable bonds is 11. The van der Waals surface area contributed by atoms with Crippen LogP contribution in [-0.4, -0.2) is 64.4 Å². The number of carbonyl (C=O) groups is 4. The molecule has 3 amide bonds. The van der Waals surface area contributed by atoms with Crippen LogP contribution >= 0.6 is 12.6 Å². The zero-order valence-electron chi connectivity index (χ0n) is 26.8. The van der Waals surface area contributed by atoms with Crippen molar-refractivity contribution in [1.82, 2.24) is 15.5 Å². The van der Waals surface area contributed by atoms with Crippen LogP contribution in [0.25, 0.3) is 0 Å². The zero-order chi connectivity index (χ0) is 33.2. The summed E-state index contributed by atoms with van der Waals surface area (Å²) in [6.45, 7) is 13.4. The Morgan fingerprint density at radius 2 is 1.52 bits per heavy atom. The number of hydrogen-bond donors (Lipinski definition) is 3. The van der Waals surface area contributed by atoms with Gasteiger partial charge in [0, 0.05) is 12.2 Å². The lowest BCUT2D eigenvalue weighted by molar-refractivity contribution is -0.159. The number of thiol groups is 1. The van der Waals surface area contributed by atoms with E-state index in [4.69, 9.17) is 9.47 Å². The zero-order valence-corrected chi connectivity index (χ0v) is 27.7. The molecule has 0 radical (unpaired) electrons. The number of benzene rings is 2. The van der Waals surface area contributed by atoms with E-state index >= 15 is 0 Å². The van der Waals surface area contributed by atoms with Crippen LogP contribution in [-0.2, 0) is 30.3 Å². The Morgan fingerprint density at radius 3 is 2.05 bits per heavy atom. The molecule has 0 aromatic heterocycles. The molecule has 10 nitrogen and oxygen atoms in total. The number of carbonyl (C=O) groups excluding carboxylic acids is 4. The first-order chi connectivity index (χ1) is 20.5. The van der Waals surface area contributed by atoms with Crippen LogP contribution in [0.3, 0.4) is 0 Å². The van der Waals surface area contributed by atoms with Gasteiger partial charge in [0.2, 0.25) is 11.8 Å². The summed E-state index contributed by atoms with van der Waals surface area (Å²) >= 11 is 4.26. The molecule has 3 atom stereocenters. The molecule has 2 rings (SSSR count). The number of nitrogens with one attached hydrogen (secondary N) is 2. The van der Waals surface area contributed by atoms with E-state index in [-0.39, 0.29) is 12.2 Å². The average Bonchev–Trinajstić information content (AvgIpc) is 2.90. The van der Waals surface area contributed by atoms with Gasteiger partial charge in [0.1, 0.15) is 35.9 Å². The minimum Gasteiger partial charge on any atom is -0.458 e. The maximum Gasteiger partial charge on any atom is 0.408 e. The Morgan fingerprint density at radius 1 is 0.909 bits per heavy atom. The van der Waals surface area contributed by atoms with Crippen LogP contribution in [0.2, 0.25) is 0 Å². The Balaban J connectivity index is 2.58. The second-order valence-corrected chi connectivity index (χ2v) is 12.9. The quantitative estimate of drug-likeness (QED) is 0.189. The summed E-state index contributed by atoms with van der Waals surface area (Å²) in [4.78, 5) is 55.2. The summed E-state index contributed by atoms with van der Waals surface area (Å²) in [7, 11) is 0. The van der Waals surface area contributed by atoms with E-state index in [0.29, 0.717) is 11.1 Å². The Bertz CT molecular complexity index is 1360. The van der Waals surface area contributed by atoms with Crippen molar-refractivity contribution < 1.29 is 28.7 Å². The van der Waals surface area contributed by atoms with Gasteiger partial charge in [-0.1, -0.05) is 54.1 Å². The SMILES string of the molecule is Cc1ccc(C(C(=O)NC(Cc2ccccc2)C(=O)OC(C)(C)C)N(CC#N)C(=O)C(CS)NC(=O)OC(C)(C)C)c(C)c1. The highest BCUT2D eigenvalue weighted by Crippen LogP contribution is 2.27. The van der Waals surface area contributed by atoms with E-state index < -0.39 is 59.7 Å². The highest BCUT2D eigenvalue weighted by atomic mass is 32.1. The van der Waals surface area contributed by atoms with E-state index in [1.165, 1.54) is 0 Å². The predicted molar refractivity (Wildman–Crippen MR) is 171 cm³/mol. The molecule has 0 aliphatic heterocycles. The number of amides is 3. The van der Waals surface area contributed by atoms with Gasteiger partial charge in [-0.3, -0.25) is 9.59 Å². The molecule has 3 unspecified atom stereocenters. The normalized spacial score (nSPS) is 13.5. The van der Waals surface area contributed by atoms with Crippen molar-refractivity contribution in [2.45, 2.75) is 91.1 Å². The number of nitriles is 1. The van der Waals surface area contributed by atoms with Crippen molar-refractivity contribution in [2.75, 3.05) is 12.3 Å². The minimum atomic E-state index is -1.33. The van der Waals surface area contributed by atoms with Crippen molar-refractivity contribution in [1.29, 1.82) is 5.26 Å². The molecule has 0 heterocycles. The van der Waals surface area contributed by atoms with Gasteiger partial charge in [-0.05, 0) is 72.1 Å². The van der Waals surface area contributed by atoms with E-state index in [0.717, 1.165) is 16.0 Å². The van der Waals surface area contributed by atoms with Gasteiger partial charge in [0.25, 0.3) is 0 Å². The molecule has 0 saturated carbocycles. The van der Waals surface area contributed by atoms with Gasteiger partial charge in [-0.2, -0.15) is 17.9 Å². The molecule has 0 saturated heterocycles. The third kappa shape index (κ3) is 11.2. The number of aryl methyl sites for hydroxylation is 2. The summed E-state index contributed by atoms with van der Waals surface area (Å²) < 4.78 is 10.9. The fourth-order valence-electron chi connectivity index (χ4n) is 4.46. The second kappa shape index (κ2) is 15.6. The molecule has 0 aliphatic carbocycles. The maximum absolute atomic E-state index is 14.2. The van der Waals surface area contributed by atoms with Gasteiger partial charge in [-0.15, -0.1) is 0 Å². The minimum absolute atomic E-state index is 0.129. The van der Waals surface area contributed by atoms with Gasteiger partial charge >= 0.3 is 12.1 Å². The first-order valence-electron chi connectivity index (χ1n) is 14.4. The molecule has 2 N–H and O–H groups in total. The maximum atomic E-state index is 14.2. The Kier molecular flexibility index (Phi) is 12.8. The number of esters is 1. The van der Waals surface area contributed by atoms with Crippen LogP contribution in [0.1, 0.15) is 69.8 Å². The van der Waals surface area contributed by atoms with Crippen LogP contribution in [0.5, 0.6) is 0 Å². The van der Waals surface area contributed by atoms with Crippen molar-refractivity contribution in [3.05, 3.63) is 70.8 Å². The van der Waals surface area contributed by atoms with Gasteiger partial charge in [-0.25, -0.2) is 9.59 Å². The molecule has 11 heteroatoms. The van der Waals surface area contributed by atoms with E-state index in [2.05, 4.69) is 23.3 Å². The highest BCUT2D eigenvalue weighted by molar-refractivity contribution is 7.80. The highest BCUT2D eigenvalue weighted by Gasteiger charge is 2.38. The lowest BCUT2D eigenvalue weighted by atomic mass is 9.96. The first-order valence-corrected chi connectivity index (χ1v) is 15.0. The molecule has 0 aliphatic rings. The van der Waals surface area contributed by atoms with Crippen LogP contribution in [0.15, 0.2) is 48.5 Å². The van der Waals surface area contributed by atoms with Crippen molar-refractivity contribution in [3.8, 4) is 6.07 Å². The van der Waals surface area contributed by atoms with E-state index in [9.17, 15) is 24.4 Å². The summed E-state index contributed by atoms with van der Waals surface area (Å²) in [6.07, 6.45) is -0.714. The summed E-state index contributed by atoms with van der Waals surface area (Å²) in [5, 5.41) is 15.1. The van der Waals surface area contributed by atoms with Crippen LogP contribution in [0, 0.1) is 25.2 Å². The Labute approximate surface area is 265 Å². The molecule has 44 heavy (non-hydrogen) atoms. The second-order valence-electron chi connectivity index (χ2n) is 12.6. The van der Waals surface area contributed by atoms with E-state index in [1.54, 1.807) is 60.6 Å². The standard InChI is InChI=1S/C33H44N4O6S/c1-21-14-15-24(22(2)18-21)27(37(17-16-34)29(39)26(20-44)36-31(41)43-33(6,7)8)28(38)35-25(30(40)42-32(3,4)5)19-23-12-10-9-11-13-23/h9-15,18,25-27,44H,17,19-20H2,1-8H3,(H,35,38)(H,36,41). The molecule has 0 fully saturated rings. The predicted octanol–water partition coefficient (Wildman–Crippen LogP) is 4.59. The third-order valence-electron chi connectivity index (χ3n) is 6.27. The van der Waals surface area contributed by atoms with E-state index in [1.807, 2.05) is 49.4 Å². The Hall–Kier alpha value is -4.04. The lowest BCUT2D eigenvalue weighted by Crippen LogP contribution is -2.55. The van der Waals surface area contributed by atoms with Gasteiger partial charge in [0.15, 0.2) is 0 Å². The third-order valence-corrected chi connectivity index (χ3v) is 6.63. The van der Waals surface area contributed by atoms with Gasteiger partial charge in [0.05, 0.1) is 6.07 Å². The lowest BCUT2D eigenvalue weighted by Gasteiger charge is -2.34. The molecule has 0 bridgehead atoms. The summed E-state index contributed by atoms with van der Waals surface area (Å²) in [5.41, 5.74) is 1.22. The van der Waals surface area contributed by atoms with Crippen molar-refractivity contribution >= 4 is 36.5 Å². The smallest absolute Gasteiger partial charge is 0.408 e. The van der Waals surface area contributed by atoms with Crippen LogP contribution < -0.4 is 10.6 Å². The topological polar surface area (TPSA) is 138 Å². The molecule has 2 aromatic carbocycles. The van der Waals surface area contributed by atoms with Gasteiger partial charge < -0.3 is 25.0 Å². The fraction of sp³-hybridized carbons (Fsp3) is 0.485. The van der Waals surface area contributed by atoms with Crippen molar-refractivity contribution in [2.24, 2.45) is 0 Å². The largest absolute Gasteiger partial charge is 0.458 e. The summed E-state index contributed by atoms with van der Waals surface area (Å²) in [5.74, 6) is -2.19. The fourth-order valence-corrected chi connectivity index (χ4v) is 4.71. The number of ether oxygens (including phenoxy) is 2. The molecule has 238 valence electrons. The monoisotopic (exact) mass is 624 g/mol. The number of alkyl carbamates (subject to hydrolysis) is 1. The molecular formula is C33H44N4O6S. The van der Waals surface area contributed by atoms with Crippen LogP contribution in [0.4, 0.5) is 4.79 Å². The van der Waals surface area contributed by atoms with Crippen molar-refractivity contribution in [3.63, 3.8) is 0 Å². The first kappa shape index (κ1) is 36.2. The summed E-state index contributed by atoms with van der Waals surface area (Å²) in [6, 6.07) is 12.8. The molecule has 0 spiro atoms. The molecular weight excluding hydrogens is 580 g/mol. The molecule has 2 aromatic rings.